The van der Waals surface area contributed by atoms with E-state index in [4.69, 9.17) is 10.5 Å². The fraction of sp³-hybridized carbons (Fsp3) is 0.409. The van der Waals surface area contributed by atoms with Crippen LogP contribution in [0.5, 0.6) is 5.75 Å². The van der Waals surface area contributed by atoms with Crippen LogP contribution in [0.25, 0.3) is 0 Å². The molecule has 2 aromatic rings. The van der Waals surface area contributed by atoms with Gasteiger partial charge in [-0.05, 0) is 50.6 Å². The topological polar surface area (TPSA) is 111 Å². The third kappa shape index (κ3) is 4.71. The minimum absolute atomic E-state index is 0.0635. The van der Waals surface area contributed by atoms with Gasteiger partial charge >= 0.3 is 0 Å². The maximum absolute atomic E-state index is 12.9. The number of carbonyl (C=O) groups is 1. The molecule has 1 unspecified atom stereocenters. The molecule has 0 radical (unpaired) electrons. The number of methoxy groups -OCH3 is 1. The van der Waals surface area contributed by atoms with Crippen LogP contribution in [0.4, 0.5) is 11.4 Å². The van der Waals surface area contributed by atoms with E-state index in [0.717, 1.165) is 37.2 Å². The minimum Gasteiger partial charge on any atom is -0.496 e. The van der Waals surface area contributed by atoms with Crippen molar-refractivity contribution in [3.8, 4) is 5.75 Å². The number of carbonyl (C=O) groups excluding carboxylic acids is 1. The second-order valence-corrected chi connectivity index (χ2v) is 7.57. The number of benzene rings is 2. The molecule has 1 saturated heterocycles. The van der Waals surface area contributed by atoms with E-state index in [1.165, 1.54) is 12.5 Å². The average molecular weight is 412 g/mol. The lowest BCUT2D eigenvalue weighted by Crippen LogP contribution is -2.41. The van der Waals surface area contributed by atoms with Crippen molar-refractivity contribution in [1.82, 2.24) is 10.2 Å². The van der Waals surface area contributed by atoms with Gasteiger partial charge in [-0.15, -0.1) is 0 Å². The first-order valence-electron chi connectivity index (χ1n) is 10.1. The van der Waals surface area contributed by atoms with Crippen LogP contribution >= 0.6 is 0 Å². The number of amides is 1. The van der Waals surface area contributed by atoms with E-state index in [9.17, 15) is 14.9 Å². The highest BCUT2D eigenvalue weighted by molar-refractivity contribution is 6.01. The Balaban J connectivity index is 1.85. The molecule has 1 aliphatic heterocycles. The lowest BCUT2D eigenvalue weighted by Gasteiger charge is -2.35. The molecule has 1 heterocycles. The summed E-state index contributed by atoms with van der Waals surface area (Å²) in [5.74, 6) is 0.351. The summed E-state index contributed by atoms with van der Waals surface area (Å²) in [6.07, 6.45) is 3.41. The minimum atomic E-state index is -0.565. The summed E-state index contributed by atoms with van der Waals surface area (Å²) in [4.78, 5) is 25.9. The molecule has 0 spiro atoms. The number of nitrogens with two attached hydrogens (primary N) is 1. The van der Waals surface area contributed by atoms with Crippen molar-refractivity contribution in [2.24, 2.45) is 0 Å². The molecule has 0 aliphatic carbocycles. The van der Waals surface area contributed by atoms with Crippen molar-refractivity contribution in [1.29, 1.82) is 0 Å². The number of nitro groups is 1. The van der Waals surface area contributed by atoms with Crippen LogP contribution in [-0.4, -0.2) is 42.5 Å². The molecular weight excluding hydrogens is 384 g/mol. The van der Waals surface area contributed by atoms with Crippen LogP contribution in [0.15, 0.2) is 36.4 Å². The summed E-state index contributed by atoms with van der Waals surface area (Å²) < 4.78 is 5.55. The zero-order valence-corrected chi connectivity index (χ0v) is 17.4. The predicted molar refractivity (Wildman–Crippen MR) is 116 cm³/mol. The van der Waals surface area contributed by atoms with Crippen molar-refractivity contribution in [2.75, 3.05) is 32.5 Å². The number of anilines is 1. The summed E-state index contributed by atoms with van der Waals surface area (Å²) in [7, 11) is 1.64. The van der Waals surface area contributed by atoms with Crippen LogP contribution in [-0.2, 0) is 0 Å². The molecule has 2 aromatic carbocycles. The number of nitrogens with zero attached hydrogens (tertiary/aromatic N) is 2. The summed E-state index contributed by atoms with van der Waals surface area (Å²) in [6, 6.07) is 10.7. The number of nitro benzene ring substituents is 1. The van der Waals surface area contributed by atoms with Crippen molar-refractivity contribution in [3.63, 3.8) is 0 Å². The molecule has 8 heteroatoms. The fourth-order valence-corrected chi connectivity index (χ4v) is 4.01. The first kappa shape index (κ1) is 21.6. The Morgan fingerprint density at radius 1 is 1.27 bits per heavy atom. The van der Waals surface area contributed by atoms with Gasteiger partial charge in [-0.25, -0.2) is 0 Å². The van der Waals surface area contributed by atoms with Gasteiger partial charge in [0, 0.05) is 18.2 Å². The summed E-state index contributed by atoms with van der Waals surface area (Å²) in [5, 5.41) is 14.2. The van der Waals surface area contributed by atoms with E-state index in [1.54, 1.807) is 20.1 Å². The maximum atomic E-state index is 12.9. The molecule has 0 bridgehead atoms. The van der Waals surface area contributed by atoms with Crippen molar-refractivity contribution < 1.29 is 14.5 Å². The quantitative estimate of drug-likeness (QED) is 0.409. The van der Waals surface area contributed by atoms with Crippen molar-refractivity contribution >= 4 is 17.3 Å². The fourth-order valence-electron chi connectivity index (χ4n) is 4.01. The van der Waals surface area contributed by atoms with Crippen LogP contribution in [0.1, 0.15) is 46.8 Å². The number of hydrogen-bond donors (Lipinski definition) is 2. The van der Waals surface area contributed by atoms with Gasteiger partial charge in [0.2, 0.25) is 0 Å². The monoisotopic (exact) mass is 412 g/mol. The number of nitrogens with one attached hydrogen (secondary N) is 1. The Labute approximate surface area is 176 Å². The first-order chi connectivity index (χ1) is 14.4. The van der Waals surface area contributed by atoms with Crippen LogP contribution in [0.3, 0.4) is 0 Å². The molecule has 0 saturated carbocycles. The van der Waals surface area contributed by atoms with Gasteiger partial charge in [0.15, 0.2) is 0 Å². The summed E-state index contributed by atoms with van der Waals surface area (Å²) >= 11 is 0. The van der Waals surface area contributed by atoms with Gasteiger partial charge in [-0.3, -0.25) is 19.8 Å². The third-order valence-electron chi connectivity index (χ3n) is 5.53. The van der Waals surface area contributed by atoms with Crippen LogP contribution in [0.2, 0.25) is 0 Å². The third-order valence-corrected chi connectivity index (χ3v) is 5.53. The number of para-hydroxylation sites is 1. The molecule has 8 nitrogen and oxygen atoms in total. The van der Waals surface area contributed by atoms with E-state index in [1.807, 2.05) is 24.3 Å². The normalized spacial score (nSPS) is 15.4. The smallest absolute Gasteiger partial charge is 0.293 e. The number of hydrogen-bond acceptors (Lipinski definition) is 6. The summed E-state index contributed by atoms with van der Waals surface area (Å²) in [5.41, 5.74) is 7.30. The van der Waals surface area contributed by atoms with Crippen molar-refractivity contribution in [3.05, 3.63) is 63.2 Å². The Hall–Kier alpha value is -3.13. The van der Waals surface area contributed by atoms with Crippen LogP contribution in [0, 0.1) is 17.0 Å². The van der Waals surface area contributed by atoms with Gasteiger partial charge in [0.25, 0.3) is 11.6 Å². The van der Waals surface area contributed by atoms with E-state index in [2.05, 4.69) is 10.2 Å². The number of ether oxygens (including phenoxy) is 1. The molecule has 0 aromatic heterocycles. The number of likely N-dealkylation sites (tertiary alicyclic amines) is 1. The highest BCUT2D eigenvalue weighted by Crippen LogP contribution is 2.31. The largest absolute Gasteiger partial charge is 0.496 e. The van der Waals surface area contributed by atoms with E-state index in [0.29, 0.717) is 12.1 Å². The average Bonchev–Trinajstić information content (AvgIpc) is 2.76. The number of aryl methyl sites for hydroxylation is 1. The lowest BCUT2D eigenvalue weighted by molar-refractivity contribution is -0.384. The van der Waals surface area contributed by atoms with Crippen molar-refractivity contribution in [2.45, 2.75) is 32.2 Å². The van der Waals surface area contributed by atoms with Gasteiger partial charge in [-0.1, -0.05) is 24.6 Å². The Bertz CT molecular complexity index is 925. The Morgan fingerprint density at radius 2 is 1.97 bits per heavy atom. The lowest BCUT2D eigenvalue weighted by atomic mass is 10.00. The van der Waals surface area contributed by atoms with E-state index < -0.39 is 10.8 Å². The molecule has 1 aliphatic rings. The van der Waals surface area contributed by atoms with Gasteiger partial charge in [-0.2, -0.15) is 0 Å². The summed E-state index contributed by atoms with van der Waals surface area (Å²) in [6.45, 7) is 3.93. The molecule has 1 amide bonds. The van der Waals surface area contributed by atoms with Gasteiger partial charge in [0.05, 0.1) is 23.6 Å². The molecule has 3 N–H and O–H groups in total. The van der Waals surface area contributed by atoms with Crippen LogP contribution < -0.4 is 15.8 Å². The molecule has 30 heavy (non-hydrogen) atoms. The zero-order valence-electron chi connectivity index (χ0n) is 17.4. The highest BCUT2D eigenvalue weighted by Gasteiger charge is 2.27. The molecule has 1 atom stereocenters. The van der Waals surface area contributed by atoms with Gasteiger partial charge < -0.3 is 15.8 Å². The Morgan fingerprint density at radius 3 is 2.63 bits per heavy atom. The zero-order chi connectivity index (χ0) is 21.7. The molecule has 160 valence electrons. The number of nitrogen functional groups attached to an aromatic ring is 1. The second-order valence-electron chi connectivity index (χ2n) is 7.57. The highest BCUT2D eigenvalue weighted by atomic mass is 16.6. The molecule has 1 fully saturated rings. The Kier molecular flexibility index (Phi) is 6.89. The standard InChI is InChI=1S/C22H28N4O4/c1-15-12-17(21(23)18(13-15)26(28)29)22(27)24-14-19(25-10-6-3-7-11-25)16-8-4-5-9-20(16)30-2/h4-5,8-9,12-13,19H,3,6-7,10-11,14,23H2,1-2H3,(H,24,27). The number of rotatable bonds is 7. The molecule has 3 rings (SSSR count). The van der Waals surface area contributed by atoms with Gasteiger partial charge in [0.1, 0.15) is 11.4 Å². The number of piperidine rings is 1. The first-order valence-corrected chi connectivity index (χ1v) is 10.1. The SMILES string of the molecule is COc1ccccc1C(CNC(=O)c1cc(C)cc([N+](=O)[O-])c1N)N1CCCCC1. The van der Waals surface area contributed by atoms with E-state index in [-0.39, 0.29) is 23.0 Å². The van der Waals surface area contributed by atoms with E-state index >= 15 is 0 Å². The molecular formula is C22H28N4O4. The second kappa shape index (κ2) is 9.58. The maximum Gasteiger partial charge on any atom is 0.293 e. The predicted octanol–water partition coefficient (Wildman–Crippen LogP) is 3.45.